The summed E-state index contributed by atoms with van der Waals surface area (Å²) < 4.78 is 28.2. The van der Waals surface area contributed by atoms with Gasteiger partial charge in [0.2, 0.25) is 11.8 Å². The van der Waals surface area contributed by atoms with Crippen molar-refractivity contribution in [2.75, 3.05) is 27.4 Å². The van der Waals surface area contributed by atoms with Gasteiger partial charge in [0.05, 0.1) is 19.7 Å². The summed E-state index contributed by atoms with van der Waals surface area (Å²) in [6.45, 7) is 4.01. The number of amides is 2. The smallest absolute Gasteiger partial charge is 0.228 e. The number of ether oxygens (including phenoxy) is 5. The molecule has 0 saturated carbocycles. The van der Waals surface area contributed by atoms with E-state index >= 15 is 0 Å². The van der Waals surface area contributed by atoms with Crippen LogP contribution in [0.4, 0.5) is 0 Å². The number of carbonyl (C=O) groups is 2. The lowest BCUT2D eigenvalue weighted by atomic mass is 9.98. The van der Waals surface area contributed by atoms with E-state index < -0.39 is 43.3 Å². The first kappa shape index (κ1) is 20.4. The third kappa shape index (κ3) is 4.41. The molecule has 7 unspecified atom stereocenters. The van der Waals surface area contributed by atoms with E-state index in [0.717, 1.165) is 0 Å². The minimum Gasteiger partial charge on any atom is -0.366 e. The van der Waals surface area contributed by atoms with E-state index in [0.29, 0.717) is 13.0 Å². The molecule has 3 fully saturated rings. The number of aliphatic hydroxyl groups is 1. The zero-order valence-corrected chi connectivity index (χ0v) is 16.1. The Morgan fingerprint density at radius 3 is 2.37 bits per heavy atom. The predicted molar refractivity (Wildman–Crippen MR) is 90.0 cm³/mol. The standard InChI is InChI=1S/C17H28N2O8/c1-5-11(20)18(3)8-19(4)12(21)6-13-26-15-14-10(7-23-9(2)24-14)25-17(22)16(15)27-13/h9-10,13-17,22H,5-8H2,1-4H3. The third-order valence-electron chi connectivity index (χ3n) is 4.99. The average Bonchev–Trinajstić information content (AvgIpc) is 3.06. The van der Waals surface area contributed by atoms with Crippen molar-refractivity contribution in [3.05, 3.63) is 0 Å². The molecule has 3 aliphatic rings. The maximum Gasteiger partial charge on any atom is 0.228 e. The minimum absolute atomic E-state index is 0.0339. The van der Waals surface area contributed by atoms with E-state index in [9.17, 15) is 14.7 Å². The van der Waals surface area contributed by atoms with Gasteiger partial charge in [-0.05, 0) is 6.92 Å². The van der Waals surface area contributed by atoms with Gasteiger partial charge in [-0.1, -0.05) is 6.92 Å². The molecule has 3 heterocycles. The lowest BCUT2D eigenvalue weighted by Crippen LogP contribution is -2.61. The van der Waals surface area contributed by atoms with Crippen molar-refractivity contribution in [3.8, 4) is 0 Å². The van der Waals surface area contributed by atoms with Gasteiger partial charge in [-0.25, -0.2) is 0 Å². The van der Waals surface area contributed by atoms with Crippen LogP contribution in [-0.4, -0.2) is 97.4 Å². The van der Waals surface area contributed by atoms with Gasteiger partial charge in [0.1, 0.15) is 24.4 Å². The van der Waals surface area contributed by atoms with Crippen LogP contribution in [0.15, 0.2) is 0 Å². The van der Waals surface area contributed by atoms with E-state index in [1.807, 2.05) is 0 Å². The van der Waals surface area contributed by atoms with Crippen molar-refractivity contribution < 1.29 is 38.4 Å². The van der Waals surface area contributed by atoms with Crippen LogP contribution < -0.4 is 0 Å². The first-order chi connectivity index (χ1) is 12.8. The highest BCUT2D eigenvalue weighted by atomic mass is 16.8. The van der Waals surface area contributed by atoms with E-state index in [4.69, 9.17) is 23.7 Å². The normalized spacial score (nSPS) is 38.0. The monoisotopic (exact) mass is 388 g/mol. The second-order valence-electron chi connectivity index (χ2n) is 7.08. The summed E-state index contributed by atoms with van der Waals surface area (Å²) in [7, 11) is 3.26. The number of carbonyl (C=O) groups excluding carboxylic acids is 2. The summed E-state index contributed by atoms with van der Waals surface area (Å²) >= 11 is 0. The average molecular weight is 388 g/mol. The molecule has 7 atom stereocenters. The lowest BCUT2D eigenvalue weighted by molar-refractivity contribution is -0.333. The molecule has 3 rings (SSSR count). The highest BCUT2D eigenvalue weighted by molar-refractivity contribution is 5.78. The zero-order valence-electron chi connectivity index (χ0n) is 16.1. The molecule has 154 valence electrons. The summed E-state index contributed by atoms with van der Waals surface area (Å²) in [4.78, 5) is 27.0. The van der Waals surface area contributed by atoms with E-state index in [2.05, 4.69) is 0 Å². The molecular formula is C17H28N2O8. The molecule has 0 bridgehead atoms. The Kier molecular flexibility index (Phi) is 6.34. The lowest BCUT2D eigenvalue weighted by Gasteiger charge is -2.44. The Hall–Kier alpha value is -1.30. The van der Waals surface area contributed by atoms with Crippen LogP contribution in [0.1, 0.15) is 26.7 Å². The van der Waals surface area contributed by atoms with Crippen LogP contribution in [0, 0.1) is 0 Å². The van der Waals surface area contributed by atoms with Crippen molar-refractivity contribution in [1.82, 2.24) is 9.80 Å². The van der Waals surface area contributed by atoms with Crippen molar-refractivity contribution in [1.29, 1.82) is 0 Å². The number of rotatable bonds is 5. The topological polar surface area (TPSA) is 107 Å². The van der Waals surface area contributed by atoms with Crippen LogP contribution in [0.3, 0.4) is 0 Å². The Morgan fingerprint density at radius 2 is 1.67 bits per heavy atom. The van der Waals surface area contributed by atoms with Gasteiger partial charge in [0, 0.05) is 20.5 Å². The summed E-state index contributed by atoms with van der Waals surface area (Å²) in [6, 6.07) is 0. The van der Waals surface area contributed by atoms with E-state index in [1.54, 1.807) is 27.9 Å². The first-order valence-corrected chi connectivity index (χ1v) is 9.19. The van der Waals surface area contributed by atoms with Crippen LogP contribution in [0.25, 0.3) is 0 Å². The highest BCUT2D eigenvalue weighted by Gasteiger charge is 2.55. The van der Waals surface area contributed by atoms with Gasteiger partial charge < -0.3 is 38.6 Å². The molecule has 1 N–H and O–H groups in total. The first-order valence-electron chi connectivity index (χ1n) is 9.19. The molecular weight excluding hydrogens is 360 g/mol. The summed E-state index contributed by atoms with van der Waals surface area (Å²) in [5.41, 5.74) is 0. The molecule has 2 amide bonds. The van der Waals surface area contributed by atoms with Gasteiger partial charge in [-0.15, -0.1) is 0 Å². The number of hydrogen-bond donors (Lipinski definition) is 1. The number of aliphatic hydroxyl groups excluding tert-OH is 1. The molecule has 10 nitrogen and oxygen atoms in total. The quantitative estimate of drug-likeness (QED) is 0.613. The highest BCUT2D eigenvalue weighted by Crippen LogP contribution is 2.36. The predicted octanol–water partition coefficient (Wildman–Crippen LogP) is -0.750. The summed E-state index contributed by atoms with van der Waals surface area (Å²) in [6.07, 6.45) is -4.23. The van der Waals surface area contributed by atoms with Gasteiger partial charge >= 0.3 is 0 Å². The van der Waals surface area contributed by atoms with Crippen molar-refractivity contribution in [2.24, 2.45) is 0 Å². The maximum absolute atomic E-state index is 12.5. The summed E-state index contributed by atoms with van der Waals surface area (Å²) in [5.74, 6) is -0.284. The third-order valence-corrected chi connectivity index (χ3v) is 4.99. The molecule has 0 spiro atoms. The minimum atomic E-state index is -1.18. The molecule has 0 aliphatic carbocycles. The van der Waals surface area contributed by atoms with Crippen LogP contribution in [0.5, 0.6) is 0 Å². The second-order valence-corrected chi connectivity index (χ2v) is 7.08. The van der Waals surface area contributed by atoms with Gasteiger partial charge in [-0.3, -0.25) is 9.59 Å². The molecule has 10 heteroatoms. The number of nitrogens with zero attached hydrogens (tertiary/aromatic N) is 2. The molecule has 3 saturated heterocycles. The fraction of sp³-hybridized carbons (Fsp3) is 0.882. The number of fused-ring (bicyclic) bond motifs is 3. The van der Waals surface area contributed by atoms with Crippen LogP contribution in [-0.2, 0) is 33.3 Å². The Bertz CT molecular complexity index is 561. The van der Waals surface area contributed by atoms with Crippen molar-refractivity contribution in [2.45, 2.75) is 70.0 Å². The Balaban J connectivity index is 1.56. The molecule has 0 aromatic rings. The van der Waals surface area contributed by atoms with E-state index in [-0.39, 0.29) is 24.9 Å². The molecule has 27 heavy (non-hydrogen) atoms. The zero-order chi connectivity index (χ0) is 19.7. The molecule has 0 radical (unpaired) electrons. The van der Waals surface area contributed by atoms with Crippen molar-refractivity contribution in [3.63, 3.8) is 0 Å². The largest absolute Gasteiger partial charge is 0.366 e. The van der Waals surface area contributed by atoms with Crippen LogP contribution in [0.2, 0.25) is 0 Å². The van der Waals surface area contributed by atoms with Gasteiger partial charge in [0.15, 0.2) is 18.9 Å². The van der Waals surface area contributed by atoms with E-state index in [1.165, 1.54) is 9.80 Å². The van der Waals surface area contributed by atoms with Crippen LogP contribution >= 0.6 is 0 Å². The van der Waals surface area contributed by atoms with Gasteiger partial charge in [-0.2, -0.15) is 0 Å². The van der Waals surface area contributed by atoms with Crippen molar-refractivity contribution >= 4 is 11.8 Å². The Labute approximate surface area is 158 Å². The molecule has 0 aromatic carbocycles. The molecule has 3 aliphatic heterocycles. The Morgan fingerprint density at radius 1 is 1.00 bits per heavy atom. The fourth-order valence-corrected chi connectivity index (χ4v) is 3.51. The fourth-order valence-electron chi connectivity index (χ4n) is 3.51. The maximum atomic E-state index is 12.5. The second kappa shape index (κ2) is 8.38. The number of hydrogen-bond acceptors (Lipinski definition) is 8. The molecule has 0 aromatic heterocycles. The van der Waals surface area contributed by atoms with Gasteiger partial charge in [0.25, 0.3) is 0 Å². The SMILES string of the molecule is CCC(=O)N(C)CN(C)C(=O)CC1OC2C(O)OC3COC(C)OC3C2O1. The summed E-state index contributed by atoms with van der Waals surface area (Å²) in [5, 5.41) is 10.2.